The van der Waals surface area contributed by atoms with Crippen molar-refractivity contribution in [2.24, 2.45) is 0 Å². The number of nitrogens with zero attached hydrogens (tertiary/aromatic N) is 2. The van der Waals surface area contributed by atoms with Crippen molar-refractivity contribution >= 4 is 0 Å². The number of benzene rings is 1. The lowest BCUT2D eigenvalue weighted by atomic mass is 10.2. The van der Waals surface area contributed by atoms with E-state index in [2.05, 4.69) is 10.1 Å². The van der Waals surface area contributed by atoms with E-state index in [0.717, 1.165) is 11.8 Å². The molecule has 0 spiro atoms. The molecule has 2 aromatic rings. The molecule has 7 nitrogen and oxygen atoms in total. The van der Waals surface area contributed by atoms with Crippen molar-refractivity contribution in [1.82, 2.24) is 14.8 Å². The molecule has 18 heavy (non-hydrogen) atoms. The van der Waals surface area contributed by atoms with Crippen LogP contribution in [0.25, 0.3) is 0 Å². The van der Waals surface area contributed by atoms with Crippen LogP contribution in [0.3, 0.4) is 0 Å². The summed E-state index contributed by atoms with van der Waals surface area (Å²) >= 11 is 0. The summed E-state index contributed by atoms with van der Waals surface area (Å²) in [5.41, 5.74) is -0.219. The molecule has 0 bridgehead atoms. The maximum absolute atomic E-state index is 11.5. The third kappa shape index (κ3) is 1.86. The molecule has 1 aromatic heterocycles. The summed E-state index contributed by atoms with van der Waals surface area (Å²) in [5.74, 6) is 1.32. The van der Waals surface area contributed by atoms with Crippen molar-refractivity contribution in [2.75, 3.05) is 6.79 Å². The summed E-state index contributed by atoms with van der Waals surface area (Å²) in [6.45, 7) is 0.460. The Morgan fingerprint density at radius 2 is 2.11 bits per heavy atom. The first-order chi connectivity index (χ1) is 8.72. The van der Waals surface area contributed by atoms with Gasteiger partial charge >= 0.3 is 5.69 Å². The van der Waals surface area contributed by atoms with E-state index in [0.29, 0.717) is 11.5 Å². The highest BCUT2D eigenvalue weighted by atomic mass is 16.7. The molecular formula is C11H9N3O4. The smallest absolute Gasteiger partial charge is 0.345 e. The van der Waals surface area contributed by atoms with E-state index in [1.165, 1.54) is 4.68 Å². The lowest BCUT2D eigenvalue weighted by Gasteiger charge is -2.04. The summed E-state index contributed by atoms with van der Waals surface area (Å²) in [6.07, 6.45) is 1.06. The molecule has 0 radical (unpaired) electrons. The molecule has 0 amide bonds. The molecule has 1 N–H and O–H groups in total. The first kappa shape index (κ1) is 10.6. The fourth-order valence-corrected chi connectivity index (χ4v) is 1.70. The van der Waals surface area contributed by atoms with Crippen LogP contribution in [0, 0.1) is 0 Å². The molecule has 0 atom stereocenters. The third-order valence-electron chi connectivity index (χ3n) is 2.55. The lowest BCUT2D eigenvalue weighted by molar-refractivity contribution is 0.174. The normalized spacial score (nSPS) is 12.7. The van der Waals surface area contributed by atoms with Crippen LogP contribution in [-0.2, 0) is 6.54 Å². The minimum Gasteiger partial charge on any atom is -0.454 e. The van der Waals surface area contributed by atoms with Gasteiger partial charge in [0.05, 0.1) is 6.54 Å². The van der Waals surface area contributed by atoms with Crippen LogP contribution in [0.15, 0.2) is 34.0 Å². The van der Waals surface area contributed by atoms with Gasteiger partial charge in [0.25, 0.3) is 5.56 Å². The highest BCUT2D eigenvalue weighted by Crippen LogP contribution is 2.32. The Morgan fingerprint density at radius 3 is 2.94 bits per heavy atom. The Bertz CT molecular complexity index is 704. The summed E-state index contributed by atoms with van der Waals surface area (Å²) in [6, 6.07) is 5.36. The zero-order chi connectivity index (χ0) is 12.5. The number of rotatable bonds is 2. The summed E-state index contributed by atoms with van der Waals surface area (Å²) < 4.78 is 11.6. The quantitative estimate of drug-likeness (QED) is 0.788. The lowest BCUT2D eigenvalue weighted by Crippen LogP contribution is -2.31. The van der Waals surface area contributed by atoms with Crippen LogP contribution in [-0.4, -0.2) is 21.6 Å². The van der Waals surface area contributed by atoms with Crippen LogP contribution < -0.4 is 20.7 Å². The van der Waals surface area contributed by atoms with E-state index >= 15 is 0 Å². The molecule has 0 unspecified atom stereocenters. The molecule has 1 aromatic carbocycles. The molecule has 1 aliphatic heterocycles. The number of aromatic nitrogens is 3. The van der Waals surface area contributed by atoms with Gasteiger partial charge in [0.15, 0.2) is 11.5 Å². The first-order valence-electron chi connectivity index (χ1n) is 5.27. The van der Waals surface area contributed by atoms with Crippen molar-refractivity contribution in [2.45, 2.75) is 6.54 Å². The van der Waals surface area contributed by atoms with Crippen LogP contribution in [0.1, 0.15) is 5.56 Å². The molecule has 0 aliphatic carbocycles. The number of nitrogens with one attached hydrogen (secondary N) is 1. The molecule has 7 heteroatoms. The molecule has 3 rings (SSSR count). The molecular weight excluding hydrogens is 238 g/mol. The Kier molecular flexibility index (Phi) is 2.36. The molecule has 0 fully saturated rings. The monoisotopic (exact) mass is 247 g/mol. The molecule has 92 valence electrons. The summed E-state index contributed by atoms with van der Waals surface area (Å²) in [5, 5.41) is 3.75. The molecule has 2 heterocycles. The fourth-order valence-electron chi connectivity index (χ4n) is 1.70. The second-order valence-corrected chi connectivity index (χ2v) is 3.78. The van der Waals surface area contributed by atoms with E-state index in [4.69, 9.17) is 9.47 Å². The van der Waals surface area contributed by atoms with Gasteiger partial charge in [0.1, 0.15) is 6.20 Å². The van der Waals surface area contributed by atoms with Crippen molar-refractivity contribution < 1.29 is 9.47 Å². The van der Waals surface area contributed by atoms with Gasteiger partial charge in [-0.1, -0.05) is 6.07 Å². The van der Waals surface area contributed by atoms with Gasteiger partial charge in [-0.15, -0.1) is 0 Å². The third-order valence-corrected chi connectivity index (χ3v) is 2.55. The number of ether oxygens (including phenoxy) is 2. The average Bonchev–Trinajstić information content (AvgIpc) is 2.80. The Hall–Kier alpha value is -2.57. The Morgan fingerprint density at radius 1 is 1.28 bits per heavy atom. The standard InChI is InChI=1S/C11H9N3O4/c15-10-4-12-14(11(16)13-10)5-7-1-2-8-9(3-7)18-6-17-8/h1-4H,5-6H2,(H,13,15,16). The maximum atomic E-state index is 11.5. The minimum atomic E-state index is -0.542. The van der Waals surface area contributed by atoms with Gasteiger partial charge < -0.3 is 9.47 Å². The van der Waals surface area contributed by atoms with Crippen LogP contribution in [0.5, 0.6) is 11.5 Å². The minimum absolute atomic E-state index is 0.204. The van der Waals surface area contributed by atoms with E-state index in [1.54, 1.807) is 12.1 Å². The summed E-state index contributed by atoms with van der Waals surface area (Å²) in [4.78, 5) is 24.5. The number of hydrogen-bond donors (Lipinski definition) is 1. The van der Waals surface area contributed by atoms with Crippen molar-refractivity contribution in [3.63, 3.8) is 0 Å². The highest BCUT2D eigenvalue weighted by molar-refractivity contribution is 5.44. The van der Waals surface area contributed by atoms with E-state index in [1.807, 2.05) is 6.07 Å². The van der Waals surface area contributed by atoms with Crippen LogP contribution in [0.4, 0.5) is 0 Å². The maximum Gasteiger partial charge on any atom is 0.345 e. The van der Waals surface area contributed by atoms with Crippen molar-refractivity contribution in [3.05, 3.63) is 50.8 Å². The molecule has 1 aliphatic rings. The van der Waals surface area contributed by atoms with Gasteiger partial charge in [-0.25, -0.2) is 9.48 Å². The predicted molar refractivity (Wildman–Crippen MR) is 60.8 cm³/mol. The SMILES string of the molecule is O=c1cnn(Cc2ccc3c(c2)OCO3)c(=O)[nH]1. The highest BCUT2D eigenvalue weighted by Gasteiger charge is 2.13. The van der Waals surface area contributed by atoms with Crippen molar-refractivity contribution in [1.29, 1.82) is 0 Å². The number of fused-ring (bicyclic) bond motifs is 1. The second-order valence-electron chi connectivity index (χ2n) is 3.78. The topological polar surface area (TPSA) is 86.2 Å². The number of hydrogen-bond acceptors (Lipinski definition) is 5. The Balaban J connectivity index is 1.93. The number of H-pyrrole nitrogens is 1. The van der Waals surface area contributed by atoms with Gasteiger partial charge in [-0.2, -0.15) is 5.10 Å². The second kappa shape index (κ2) is 4.02. The summed E-state index contributed by atoms with van der Waals surface area (Å²) in [7, 11) is 0. The van der Waals surface area contributed by atoms with Crippen molar-refractivity contribution in [3.8, 4) is 11.5 Å². The van der Waals surface area contributed by atoms with E-state index < -0.39 is 11.2 Å². The van der Waals surface area contributed by atoms with Crippen LogP contribution >= 0.6 is 0 Å². The fraction of sp³-hybridized carbons (Fsp3) is 0.182. The zero-order valence-corrected chi connectivity index (χ0v) is 9.25. The molecule has 0 saturated heterocycles. The van der Waals surface area contributed by atoms with Gasteiger partial charge in [-0.05, 0) is 17.7 Å². The van der Waals surface area contributed by atoms with E-state index in [-0.39, 0.29) is 13.3 Å². The van der Waals surface area contributed by atoms with E-state index in [9.17, 15) is 9.59 Å². The van der Waals surface area contributed by atoms with Crippen LogP contribution in [0.2, 0.25) is 0 Å². The number of aromatic amines is 1. The Labute approximate surface area is 101 Å². The predicted octanol–water partition coefficient (Wildman–Crippen LogP) is -0.291. The first-order valence-corrected chi connectivity index (χ1v) is 5.27. The molecule has 0 saturated carbocycles. The average molecular weight is 247 g/mol. The van der Waals surface area contributed by atoms with Gasteiger partial charge in [-0.3, -0.25) is 9.78 Å². The zero-order valence-electron chi connectivity index (χ0n) is 9.25. The largest absolute Gasteiger partial charge is 0.454 e. The van der Waals surface area contributed by atoms with Gasteiger partial charge in [0.2, 0.25) is 6.79 Å². The van der Waals surface area contributed by atoms with Gasteiger partial charge in [0, 0.05) is 0 Å².